The van der Waals surface area contributed by atoms with Crippen molar-refractivity contribution in [3.63, 3.8) is 0 Å². The lowest BCUT2D eigenvalue weighted by atomic mass is 10.1. The van der Waals surface area contributed by atoms with Crippen LogP contribution in [-0.2, 0) is 6.61 Å². The lowest BCUT2D eigenvalue weighted by Gasteiger charge is -2.22. The zero-order valence-corrected chi connectivity index (χ0v) is 20.3. The molecule has 5 N–H and O–H groups in total. The molecule has 0 spiro atoms. The third kappa shape index (κ3) is 8.34. The molecule has 0 saturated carbocycles. The maximum atomic E-state index is 13.9. The standard InChI is InChI=1S/C20H26BrFN4O5S/c1-20(2,3)24-9-13(27)6-7-23-19(30)25-17-15(18(28)29)16(26-32-17)31-10-11-4-5-12(21)8-14(11)22/h4-5,8,13,24,27H,6-7,9-10H2,1-3H3,(H,28,29)(H2,23,25,30). The molecule has 0 aliphatic rings. The second kappa shape index (κ2) is 11.5. The predicted molar refractivity (Wildman–Crippen MR) is 123 cm³/mol. The number of aliphatic hydroxyl groups is 1. The Morgan fingerprint density at radius 3 is 2.69 bits per heavy atom. The van der Waals surface area contributed by atoms with Gasteiger partial charge in [-0.25, -0.2) is 14.0 Å². The van der Waals surface area contributed by atoms with E-state index in [1.54, 1.807) is 6.07 Å². The Morgan fingerprint density at radius 1 is 1.34 bits per heavy atom. The summed E-state index contributed by atoms with van der Waals surface area (Å²) in [5.74, 6) is -2.07. The fourth-order valence-electron chi connectivity index (χ4n) is 2.46. The van der Waals surface area contributed by atoms with Crippen LogP contribution >= 0.6 is 27.5 Å². The summed E-state index contributed by atoms with van der Waals surface area (Å²) < 4.78 is 23.8. The van der Waals surface area contributed by atoms with Gasteiger partial charge in [-0.2, -0.15) is 4.37 Å². The number of ether oxygens (including phenoxy) is 1. The van der Waals surface area contributed by atoms with Crippen molar-refractivity contribution in [2.45, 2.75) is 45.4 Å². The van der Waals surface area contributed by atoms with Gasteiger partial charge >= 0.3 is 12.0 Å². The molecule has 1 atom stereocenters. The average Bonchev–Trinajstić information content (AvgIpc) is 3.07. The second-order valence-electron chi connectivity index (χ2n) is 7.98. The van der Waals surface area contributed by atoms with E-state index in [4.69, 9.17) is 4.74 Å². The third-order valence-electron chi connectivity index (χ3n) is 4.11. The molecular weight excluding hydrogens is 507 g/mol. The van der Waals surface area contributed by atoms with Crippen LogP contribution in [0, 0.1) is 5.82 Å². The van der Waals surface area contributed by atoms with Crippen molar-refractivity contribution in [3.05, 3.63) is 39.6 Å². The molecule has 0 radical (unpaired) electrons. The Labute approximate surface area is 197 Å². The van der Waals surface area contributed by atoms with Crippen molar-refractivity contribution in [2.24, 2.45) is 0 Å². The second-order valence-corrected chi connectivity index (χ2v) is 9.66. The Balaban J connectivity index is 1.91. The Kier molecular flexibility index (Phi) is 9.37. The van der Waals surface area contributed by atoms with E-state index in [-0.39, 0.29) is 40.7 Å². The molecule has 0 aliphatic heterocycles. The maximum absolute atomic E-state index is 13.9. The molecule has 9 nitrogen and oxygen atoms in total. The molecule has 1 aromatic carbocycles. The first-order chi connectivity index (χ1) is 15.0. The van der Waals surface area contributed by atoms with Crippen molar-refractivity contribution in [1.82, 2.24) is 15.0 Å². The van der Waals surface area contributed by atoms with Crippen LogP contribution in [-0.4, -0.2) is 51.3 Å². The van der Waals surface area contributed by atoms with Gasteiger partial charge in [0.1, 0.15) is 17.4 Å². The maximum Gasteiger partial charge on any atom is 0.344 e. The number of carbonyl (C=O) groups excluding carboxylic acids is 1. The van der Waals surface area contributed by atoms with Crippen molar-refractivity contribution < 1.29 is 28.9 Å². The van der Waals surface area contributed by atoms with Crippen molar-refractivity contribution >= 4 is 44.5 Å². The van der Waals surface area contributed by atoms with E-state index in [1.807, 2.05) is 20.8 Å². The van der Waals surface area contributed by atoms with Crippen LogP contribution in [0.4, 0.5) is 14.2 Å². The molecule has 0 aliphatic carbocycles. The van der Waals surface area contributed by atoms with Gasteiger partial charge in [-0.05, 0) is 50.9 Å². The molecule has 2 amide bonds. The van der Waals surface area contributed by atoms with Crippen LogP contribution in [0.3, 0.4) is 0 Å². The number of aromatic nitrogens is 1. The van der Waals surface area contributed by atoms with E-state index in [2.05, 4.69) is 36.3 Å². The van der Waals surface area contributed by atoms with Crippen molar-refractivity contribution in [2.75, 3.05) is 18.4 Å². The lowest BCUT2D eigenvalue weighted by molar-refractivity contribution is 0.0693. The molecule has 12 heteroatoms. The highest BCUT2D eigenvalue weighted by atomic mass is 79.9. The topological polar surface area (TPSA) is 133 Å². The molecule has 0 fully saturated rings. The molecule has 1 heterocycles. The molecule has 176 valence electrons. The Bertz CT molecular complexity index is 951. The van der Waals surface area contributed by atoms with Crippen LogP contribution in [0.2, 0.25) is 0 Å². The minimum Gasteiger partial charge on any atom is -0.477 e. The highest BCUT2D eigenvalue weighted by Gasteiger charge is 2.24. The minimum atomic E-state index is -1.34. The number of nitrogens with one attached hydrogen (secondary N) is 3. The first-order valence-electron chi connectivity index (χ1n) is 9.74. The number of halogens is 2. The average molecular weight is 533 g/mol. The molecule has 0 bridgehead atoms. The molecule has 1 unspecified atom stereocenters. The van der Waals surface area contributed by atoms with Crippen LogP contribution < -0.4 is 20.7 Å². The van der Waals surface area contributed by atoms with E-state index in [9.17, 15) is 24.2 Å². The summed E-state index contributed by atoms with van der Waals surface area (Å²) in [7, 11) is 0. The fourth-order valence-corrected chi connectivity index (χ4v) is 3.51. The monoisotopic (exact) mass is 532 g/mol. The number of rotatable bonds is 10. The number of aromatic carboxylic acids is 1. The molecular formula is C20H26BrFN4O5S. The summed E-state index contributed by atoms with van der Waals surface area (Å²) in [6, 6.07) is 3.77. The van der Waals surface area contributed by atoms with E-state index in [1.165, 1.54) is 12.1 Å². The van der Waals surface area contributed by atoms with Crippen molar-refractivity contribution in [3.8, 4) is 5.88 Å². The quantitative estimate of drug-likeness (QED) is 0.315. The van der Waals surface area contributed by atoms with Crippen LogP contribution in [0.1, 0.15) is 43.1 Å². The van der Waals surface area contributed by atoms with Crippen LogP contribution in [0.25, 0.3) is 0 Å². The zero-order chi connectivity index (χ0) is 23.9. The Morgan fingerprint density at radius 2 is 2.06 bits per heavy atom. The summed E-state index contributed by atoms with van der Waals surface area (Å²) in [6.07, 6.45) is -0.329. The van der Waals surface area contributed by atoms with Crippen molar-refractivity contribution in [1.29, 1.82) is 0 Å². The van der Waals surface area contributed by atoms with E-state index in [0.29, 0.717) is 17.4 Å². The van der Waals surface area contributed by atoms with Gasteiger partial charge in [0.2, 0.25) is 5.88 Å². The Hall–Kier alpha value is -2.28. The fraction of sp³-hybridized carbons (Fsp3) is 0.450. The number of β-amino-alcohol motifs (C(OH)–C–C–N with tert-alkyl or cyclic N) is 1. The SMILES string of the molecule is CC(C)(C)NCC(O)CCNC(=O)Nc1snc(OCc2ccc(Br)cc2F)c1C(=O)O. The number of carbonyl (C=O) groups is 2. The lowest BCUT2D eigenvalue weighted by Crippen LogP contribution is -2.42. The number of aliphatic hydroxyl groups excluding tert-OH is 1. The summed E-state index contributed by atoms with van der Waals surface area (Å²) in [5, 5.41) is 27.6. The number of benzene rings is 1. The summed E-state index contributed by atoms with van der Waals surface area (Å²) in [4.78, 5) is 23.8. The first-order valence-corrected chi connectivity index (χ1v) is 11.3. The molecule has 2 rings (SSSR count). The van der Waals surface area contributed by atoms with Gasteiger partial charge < -0.3 is 25.6 Å². The largest absolute Gasteiger partial charge is 0.477 e. The van der Waals surface area contributed by atoms with E-state index < -0.39 is 23.9 Å². The van der Waals surface area contributed by atoms with Gasteiger partial charge in [0.05, 0.1) is 6.10 Å². The highest BCUT2D eigenvalue weighted by Crippen LogP contribution is 2.31. The van der Waals surface area contributed by atoms with E-state index in [0.717, 1.165) is 11.5 Å². The number of hydrogen-bond acceptors (Lipinski definition) is 7. The number of urea groups is 1. The van der Waals surface area contributed by atoms with E-state index >= 15 is 0 Å². The number of anilines is 1. The minimum absolute atomic E-state index is 0.0174. The normalized spacial score (nSPS) is 12.3. The third-order valence-corrected chi connectivity index (χ3v) is 5.35. The summed E-state index contributed by atoms with van der Waals surface area (Å²) in [6.45, 7) is 6.28. The van der Waals surface area contributed by atoms with Gasteiger partial charge in [0.15, 0.2) is 5.56 Å². The number of hydrogen-bond donors (Lipinski definition) is 5. The van der Waals surface area contributed by atoms with Crippen LogP contribution in [0.5, 0.6) is 5.88 Å². The van der Waals surface area contributed by atoms with Crippen LogP contribution in [0.15, 0.2) is 22.7 Å². The van der Waals surface area contributed by atoms with Gasteiger partial charge in [-0.1, -0.05) is 22.0 Å². The van der Waals surface area contributed by atoms with Gasteiger partial charge in [0, 0.05) is 28.7 Å². The summed E-state index contributed by atoms with van der Waals surface area (Å²) >= 11 is 3.89. The number of carboxylic acids is 1. The van der Waals surface area contributed by atoms with Gasteiger partial charge in [-0.15, -0.1) is 0 Å². The number of nitrogens with zero attached hydrogens (tertiary/aromatic N) is 1. The molecule has 2 aromatic rings. The number of amides is 2. The first kappa shape index (κ1) is 26.0. The highest BCUT2D eigenvalue weighted by molar-refractivity contribution is 9.10. The van der Waals surface area contributed by atoms with Gasteiger partial charge in [0.25, 0.3) is 0 Å². The predicted octanol–water partition coefficient (Wildman–Crippen LogP) is 3.58. The zero-order valence-electron chi connectivity index (χ0n) is 17.9. The molecule has 1 aromatic heterocycles. The molecule has 0 saturated heterocycles. The summed E-state index contributed by atoms with van der Waals surface area (Å²) in [5.41, 5.74) is -0.227. The number of carboxylic acid groups (broad SMARTS) is 1. The van der Waals surface area contributed by atoms with Gasteiger partial charge in [-0.3, -0.25) is 5.32 Å². The smallest absolute Gasteiger partial charge is 0.344 e. The molecule has 32 heavy (non-hydrogen) atoms.